The van der Waals surface area contributed by atoms with Crippen molar-refractivity contribution in [3.05, 3.63) is 59.5 Å². The first-order valence-corrected chi connectivity index (χ1v) is 10.4. The molecule has 142 valence electrons. The van der Waals surface area contributed by atoms with E-state index in [1.165, 1.54) is 11.1 Å². The van der Waals surface area contributed by atoms with Crippen LogP contribution in [0.4, 0.5) is 5.82 Å². The third-order valence-corrected chi connectivity index (χ3v) is 6.27. The zero-order chi connectivity index (χ0) is 19.1. The van der Waals surface area contributed by atoms with Crippen molar-refractivity contribution in [2.45, 2.75) is 38.9 Å². The Kier molecular flexibility index (Phi) is 4.25. The Hall–Kier alpha value is -2.57. The highest BCUT2D eigenvalue weighted by Gasteiger charge is 2.28. The van der Waals surface area contributed by atoms with E-state index < -0.39 is 0 Å². The van der Waals surface area contributed by atoms with E-state index in [1.807, 2.05) is 6.07 Å². The maximum absolute atomic E-state index is 5.97. The van der Waals surface area contributed by atoms with Crippen LogP contribution in [0, 0.1) is 0 Å². The minimum atomic E-state index is -0.158. The van der Waals surface area contributed by atoms with E-state index in [0.717, 1.165) is 51.3 Å². The molecule has 0 bridgehead atoms. The normalized spacial score (nSPS) is 15.6. The van der Waals surface area contributed by atoms with Crippen LogP contribution in [0.1, 0.15) is 30.7 Å². The summed E-state index contributed by atoms with van der Waals surface area (Å²) in [7, 11) is 0. The zero-order valence-corrected chi connectivity index (χ0v) is 16.8. The van der Waals surface area contributed by atoms with E-state index in [1.54, 1.807) is 17.7 Å². The molecule has 1 aliphatic heterocycles. The number of aromatic nitrogens is 3. The van der Waals surface area contributed by atoms with Crippen LogP contribution in [-0.4, -0.2) is 27.1 Å². The highest BCUT2D eigenvalue weighted by molar-refractivity contribution is 7.25. The topological polar surface area (TPSA) is 59.9 Å². The molecular weight excluding hydrogens is 368 g/mol. The lowest BCUT2D eigenvalue weighted by molar-refractivity contribution is -0.0411. The molecule has 0 aliphatic carbocycles. The SMILES string of the molecule is CC1(C)Cc2nc3sc4c(NCCc5ccccc5)ncnc4c3cc2CO1. The second kappa shape index (κ2) is 6.79. The van der Waals surface area contributed by atoms with E-state index in [4.69, 9.17) is 9.72 Å². The van der Waals surface area contributed by atoms with Crippen molar-refractivity contribution in [3.63, 3.8) is 0 Å². The van der Waals surface area contributed by atoms with Crippen molar-refractivity contribution in [2.75, 3.05) is 11.9 Å². The first kappa shape index (κ1) is 17.5. The number of nitrogens with zero attached hydrogens (tertiary/aromatic N) is 3. The van der Waals surface area contributed by atoms with Crippen LogP contribution in [0.5, 0.6) is 0 Å². The van der Waals surface area contributed by atoms with Gasteiger partial charge in [0.2, 0.25) is 0 Å². The number of anilines is 1. The van der Waals surface area contributed by atoms with Gasteiger partial charge in [0.25, 0.3) is 0 Å². The van der Waals surface area contributed by atoms with Gasteiger partial charge in [0, 0.05) is 23.9 Å². The molecule has 0 atom stereocenters. The summed E-state index contributed by atoms with van der Waals surface area (Å²) in [5.41, 5.74) is 4.44. The number of nitrogens with one attached hydrogen (secondary N) is 1. The van der Waals surface area contributed by atoms with E-state index in [-0.39, 0.29) is 5.60 Å². The molecule has 0 fully saturated rings. The molecule has 0 spiro atoms. The smallest absolute Gasteiger partial charge is 0.147 e. The van der Waals surface area contributed by atoms with Gasteiger partial charge in [-0.15, -0.1) is 11.3 Å². The lowest BCUT2D eigenvalue weighted by Gasteiger charge is -2.30. The molecular formula is C22H22N4OS. The van der Waals surface area contributed by atoms with Gasteiger partial charge < -0.3 is 10.1 Å². The van der Waals surface area contributed by atoms with E-state index in [2.05, 4.69) is 59.5 Å². The van der Waals surface area contributed by atoms with E-state index in [0.29, 0.717) is 6.61 Å². The molecule has 5 nitrogen and oxygen atoms in total. The quantitative estimate of drug-likeness (QED) is 0.545. The summed E-state index contributed by atoms with van der Waals surface area (Å²) in [5.74, 6) is 0.887. The van der Waals surface area contributed by atoms with Gasteiger partial charge >= 0.3 is 0 Å². The van der Waals surface area contributed by atoms with Gasteiger partial charge in [-0.1, -0.05) is 30.3 Å². The van der Waals surface area contributed by atoms with E-state index in [9.17, 15) is 0 Å². The third kappa shape index (κ3) is 3.23. The number of thiophene rings is 1. The Bertz CT molecular complexity index is 1150. The molecule has 0 saturated heterocycles. The molecule has 28 heavy (non-hydrogen) atoms. The predicted octanol–water partition coefficient (Wildman–Crippen LogP) is 4.75. The zero-order valence-electron chi connectivity index (χ0n) is 16.0. The molecule has 3 aromatic heterocycles. The number of benzene rings is 1. The highest BCUT2D eigenvalue weighted by Crippen LogP contribution is 2.37. The Balaban J connectivity index is 1.48. The fourth-order valence-corrected chi connectivity index (χ4v) is 4.78. The van der Waals surface area contributed by atoms with Crippen LogP contribution in [0.15, 0.2) is 42.7 Å². The Morgan fingerprint density at radius 1 is 1.18 bits per heavy atom. The average Bonchev–Trinajstić information content (AvgIpc) is 3.05. The van der Waals surface area contributed by atoms with Gasteiger partial charge in [-0.3, -0.25) is 0 Å². The van der Waals surface area contributed by atoms with Crippen molar-refractivity contribution in [1.82, 2.24) is 15.0 Å². The lowest BCUT2D eigenvalue weighted by Crippen LogP contribution is -2.32. The minimum absolute atomic E-state index is 0.158. The number of ether oxygens (including phenoxy) is 1. The average molecular weight is 391 g/mol. The summed E-state index contributed by atoms with van der Waals surface area (Å²) in [5, 5.41) is 4.58. The Morgan fingerprint density at radius 2 is 2.04 bits per heavy atom. The van der Waals surface area contributed by atoms with Gasteiger partial charge in [0.15, 0.2) is 0 Å². The Morgan fingerprint density at radius 3 is 2.89 bits per heavy atom. The summed E-state index contributed by atoms with van der Waals surface area (Å²) in [6.07, 6.45) is 3.43. The van der Waals surface area contributed by atoms with Crippen molar-refractivity contribution < 1.29 is 4.74 Å². The number of fused-ring (bicyclic) bond motifs is 4. The molecule has 5 rings (SSSR count). The highest BCUT2D eigenvalue weighted by atomic mass is 32.1. The van der Waals surface area contributed by atoms with Crippen molar-refractivity contribution in [3.8, 4) is 0 Å². The predicted molar refractivity (Wildman–Crippen MR) is 114 cm³/mol. The minimum Gasteiger partial charge on any atom is -0.370 e. The van der Waals surface area contributed by atoms with Crippen molar-refractivity contribution in [2.24, 2.45) is 0 Å². The lowest BCUT2D eigenvalue weighted by atomic mass is 9.95. The fourth-order valence-electron chi connectivity index (χ4n) is 3.68. The van der Waals surface area contributed by atoms with Gasteiger partial charge in [0.1, 0.15) is 17.0 Å². The van der Waals surface area contributed by atoms with E-state index >= 15 is 0 Å². The fraction of sp³-hybridized carbons (Fsp3) is 0.318. The first-order chi connectivity index (χ1) is 13.6. The summed E-state index contributed by atoms with van der Waals surface area (Å²) in [6, 6.07) is 12.7. The van der Waals surface area contributed by atoms with Gasteiger partial charge in [0.05, 0.1) is 28.1 Å². The van der Waals surface area contributed by atoms with Gasteiger partial charge in [-0.25, -0.2) is 15.0 Å². The molecule has 6 heteroatoms. The second-order valence-corrected chi connectivity index (χ2v) is 8.84. The van der Waals surface area contributed by atoms with Crippen LogP contribution >= 0.6 is 11.3 Å². The second-order valence-electron chi connectivity index (χ2n) is 7.84. The molecule has 4 aromatic rings. The molecule has 0 amide bonds. The summed E-state index contributed by atoms with van der Waals surface area (Å²) in [6.45, 7) is 5.67. The molecule has 1 aromatic carbocycles. The van der Waals surface area contributed by atoms with Crippen LogP contribution < -0.4 is 5.32 Å². The van der Waals surface area contributed by atoms with Crippen LogP contribution in [0.25, 0.3) is 20.4 Å². The number of hydrogen-bond acceptors (Lipinski definition) is 6. The van der Waals surface area contributed by atoms with Crippen molar-refractivity contribution in [1.29, 1.82) is 0 Å². The largest absolute Gasteiger partial charge is 0.370 e. The number of pyridine rings is 1. The molecule has 1 aliphatic rings. The first-order valence-electron chi connectivity index (χ1n) is 9.57. The molecule has 0 radical (unpaired) electrons. The number of rotatable bonds is 4. The van der Waals surface area contributed by atoms with Crippen molar-refractivity contribution >= 4 is 37.6 Å². The molecule has 1 N–H and O–H groups in total. The van der Waals surface area contributed by atoms with Crippen LogP contribution in [-0.2, 0) is 24.2 Å². The summed E-state index contributed by atoms with van der Waals surface area (Å²) in [4.78, 5) is 15.0. The third-order valence-electron chi connectivity index (χ3n) is 5.17. The molecule has 0 unspecified atom stereocenters. The van der Waals surface area contributed by atoms with Gasteiger partial charge in [-0.05, 0) is 31.9 Å². The van der Waals surface area contributed by atoms with Crippen LogP contribution in [0.3, 0.4) is 0 Å². The monoisotopic (exact) mass is 390 g/mol. The molecule has 0 saturated carbocycles. The maximum atomic E-state index is 5.97. The summed E-state index contributed by atoms with van der Waals surface area (Å²) >= 11 is 1.67. The molecule has 4 heterocycles. The van der Waals surface area contributed by atoms with Crippen LogP contribution in [0.2, 0.25) is 0 Å². The maximum Gasteiger partial charge on any atom is 0.147 e. The Labute approximate surface area is 167 Å². The number of hydrogen-bond donors (Lipinski definition) is 1. The standard InChI is InChI=1S/C22H22N4OS/c1-22(2)11-17-15(12-27-22)10-16-18-19(28-21(16)26-17)20(25-13-24-18)23-9-8-14-6-4-3-5-7-14/h3-7,10,13H,8-9,11-12H2,1-2H3,(H,23,24,25). The van der Waals surface area contributed by atoms with Gasteiger partial charge in [-0.2, -0.15) is 0 Å². The summed E-state index contributed by atoms with van der Waals surface area (Å²) < 4.78 is 7.04.